The summed E-state index contributed by atoms with van der Waals surface area (Å²) in [6.07, 6.45) is -2.21. The van der Waals surface area contributed by atoms with E-state index in [1.807, 2.05) is 0 Å². The van der Waals surface area contributed by atoms with Crippen molar-refractivity contribution in [3.8, 4) is 0 Å². The maximum absolute atomic E-state index is 12.9. The lowest BCUT2D eigenvalue weighted by atomic mass is 10.1. The first-order valence-electron chi connectivity index (χ1n) is 9.49. The number of morpholine rings is 1. The molecular weight excluding hydrogens is 438 g/mol. The Morgan fingerprint density at radius 3 is 2.56 bits per heavy atom. The average molecular weight is 462 g/mol. The summed E-state index contributed by atoms with van der Waals surface area (Å²) in [5, 5.41) is 20.3. The largest absolute Gasteiger partial charge is 0.384 e. The van der Waals surface area contributed by atoms with E-state index in [1.54, 1.807) is 12.1 Å². The maximum atomic E-state index is 12.9. The smallest absolute Gasteiger partial charge is 0.259 e. The fourth-order valence-electron chi connectivity index (χ4n) is 3.13. The molecule has 0 aromatic heterocycles. The number of sulfonamides is 1. The van der Waals surface area contributed by atoms with E-state index in [4.69, 9.17) is 15.9 Å². The molecular formula is C20H23N5O6S. The molecule has 0 spiro atoms. The molecule has 2 atom stereocenters. The zero-order valence-electron chi connectivity index (χ0n) is 17.1. The molecule has 0 radical (unpaired) electrons. The van der Waals surface area contributed by atoms with Crippen LogP contribution in [0.3, 0.4) is 0 Å². The number of hydrogen-bond acceptors (Lipinski definition) is 7. The van der Waals surface area contributed by atoms with Crippen molar-refractivity contribution in [3.63, 3.8) is 0 Å². The second kappa shape index (κ2) is 9.34. The number of benzene rings is 2. The van der Waals surface area contributed by atoms with Gasteiger partial charge in [-0.1, -0.05) is 6.07 Å². The van der Waals surface area contributed by atoms with Gasteiger partial charge in [0.1, 0.15) is 5.84 Å². The number of amides is 2. The Labute approximate surface area is 184 Å². The second-order valence-corrected chi connectivity index (χ2v) is 8.88. The highest BCUT2D eigenvalue weighted by molar-refractivity contribution is 7.92. The first-order chi connectivity index (χ1) is 15.0. The second-order valence-electron chi connectivity index (χ2n) is 7.13. The Balaban J connectivity index is 1.72. The Morgan fingerprint density at radius 2 is 1.94 bits per heavy atom. The highest BCUT2D eigenvalue weighted by Crippen LogP contribution is 2.24. The molecule has 1 heterocycles. The zero-order valence-corrected chi connectivity index (χ0v) is 17.9. The number of nitrogen functional groups attached to an aromatic ring is 1. The van der Waals surface area contributed by atoms with Crippen molar-refractivity contribution in [2.75, 3.05) is 34.3 Å². The predicted molar refractivity (Wildman–Crippen MR) is 119 cm³/mol. The number of hydrogen-bond donors (Lipinski definition) is 5. The van der Waals surface area contributed by atoms with Crippen LogP contribution in [0.5, 0.6) is 0 Å². The van der Waals surface area contributed by atoms with Crippen LogP contribution in [0.15, 0.2) is 48.5 Å². The van der Waals surface area contributed by atoms with Gasteiger partial charge in [0.05, 0.1) is 18.6 Å². The van der Waals surface area contributed by atoms with E-state index >= 15 is 0 Å². The van der Waals surface area contributed by atoms with E-state index in [0.717, 1.165) is 6.26 Å². The Bertz CT molecular complexity index is 1140. The minimum Gasteiger partial charge on any atom is -0.384 e. The lowest BCUT2D eigenvalue weighted by molar-refractivity contribution is -0.150. The molecule has 0 bridgehead atoms. The van der Waals surface area contributed by atoms with Crippen molar-refractivity contribution in [2.45, 2.75) is 12.2 Å². The number of nitrogens with one attached hydrogen (secondary N) is 3. The van der Waals surface area contributed by atoms with Gasteiger partial charge in [-0.15, -0.1) is 0 Å². The minimum atomic E-state index is -3.50. The van der Waals surface area contributed by atoms with Crippen LogP contribution in [0.2, 0.25) is 0 Å². The lowest BCUT2D eigenvalue weighted by Gasteiger charge is -2.34. The maximum Gasteiger partial charge on any atom is 0.259 e. The van der Waals surface area contributed by atoms with Crippen LogP contribution in [-0.2, 0) is 24.3 Å². The van der Waals surface area contributed by atoms with Crippen LogP contribution < -0.4 is 20.7 Å². The van der Waals surface area contributed by atoms with E-state index in [-0.39, 0.29) is 24.7 Å². The molecule has 2 amide bonds. The fourth-order valence-corrected chi connectivity index (χ4v) is 3.68. The summed E-state index contributed by atoms with van der Waals surface area (Å²) in [5.74, 6) is -1.60. The quantitative estimate of drug-likeness (QED) is 0.286. The fraction of sp³-hybridized carbons (Fsp3) is 0.250. The van der Waals surface area contributed by atoms with Crippen molar-refractivity contribution in [3.05, 3.63) is 54.1 Å². The summed E-state index contributed by atoms with van der Waals surface area (Å²) in [5.41, 5.74) is 6.87. The van der Waals surface area contributed by atoms with Crippen LogP contribution in [0.1, 0.15) is 5.56 Å². The molecule has 2 aromatic carbocycles. The summed E-state index contributed by atoms with van der Waals surface area (Å²) in [6.45, 7) is 0.232. The van der Waals surface area contributed by atoms with Gasteiger partial charge in [-0.2, -0.15) is 0 Å². The Kier molecular flexibility index (Phi) is 6.77. The molecule has 0 saturated carbocycles. The van der Waals surface area contributed by atoms with E-state index in [1.165, 1.54) is 41.3 Å². The van der Waals surface area contributed by atoms with Gasteiger partial charge in [-0.3, -0.25) is 19.7 Å². The number of carbonyl (C=O) groups excluding carboxylic acids is 2. The van der Waals surface area contributed by atoms with Gasteiger partial charge >= 0.3 is 0 Å². The van der Waals surface area contributed by atoms with Crippen molar-refractivity contribution in [2.24, 2.45) is 5.73 Å². The standard InChI is InChI=1S/C20H23N5O6S/c1-32(29,30)24-14-3-2-4-15(11-14)25-9-10-31-17(20(25)28)16(26)19(27)23-13-7-5-12(6-8-13)18(21)22/h2-8,11,16-17,24,26H,9-10H2,1H3,(H3,21,22)(H,23,27)/t16-,17?/m1/s1. The number of amidine groups is 1. The molecule has 0 aliphatic carbocycles. The first-order valence-corrected chi connectivity index (χ1v) is 11.4. The van der Waals surface area contributed by atoms with Gasteiger partial charge in [0.15, 0.2) is 12.2 Å². The highest BCUT2D eigenvalue weighted by atomic mass is 32.2. The van der Waals surface area contributed by atoms with Crippen LogP contribution in [0, 0.1) is 5.41 Å². The topological polar surface area (TPSA) is 175 Å². The minimum absolute atomic E-state index is 0.0672. The Hall–Kier alpha value is -3.48. The van der Waals surface area contributed by atoms with Gasteiger partial charge < -0.3 is 25.8 Å². The van der Waals surface area contributed by atoms with Gasteiger partial charge in [0.2, 0.25) is 10.0 Å². The molecule has 32 heavy (non-hydrogen) atoms. The molecule has 170 valence electrons. The number of nitrogens with two attached hydrogens (primary N) is 1. The zero-order chi connectivity index (χ0) is 23.5. The first kappa shape index (κ1) is 23.2. The van der Waals surface area contributed by atoms with Gasteiger partial charge in [-0.05, 0) is 42.5 Å². The number of nitrogens with zero attached hydrogens (tertiary/aromatic N) is 1. The third-order valence-electron chi connectivity index (χ3n) is 4.60. The molecule has 1 fully saturated rings. The van der Waals surface area contributed by atoms with E-state index in [9.17, 15) is 23.1 Å². The van der Waals surface area contributed by atoms with Gasteiger partial charge in [-0.25, -0.2) is 8.42 Å². The number of ether oxygens (including phenoxy) is 1. The van der Waals surface area contributed by atoms with Gasteiger partial charge in [0, 0.05) is 23.5 Å². The Morgan fingerprint density at radius 1 is 1.25 bits per heavy atom. The van der Waals surface area contributed by atoms with Crippen molar-refractivity contribution in [1.29, 1.82) is 5.41 Å². The summed E-state index contributed by atoms with van der Waals surface area (Å²) < 4.78 is 30.6. The SMILES string of the molecule is CS(=O)(=O)Nc1cccc(N2CCOC([C@@H](O)C(=O)Nc3ccc(C(=N)N)cc3)C2=O)c1. The average Bonchev–Trinajstić information content (AvgIpc) is 2.72. The number of anilines is 3. The highest BCUT2D eigenvalue weighted by Gasteiger charge is 2.39. The van der Waals surface area contributed by atoms with Crippen LogP contribution in [0.25, 0.3) is 0 Å². The molecule has 12 heteroatoms. The molecule has 6 N–H and O–H groups in total. The van der Waals surface area contributed by atoms with E-state index in [0.29, 0.717) is 16.9 Å². The van der Waals surface area contributed by atoms with Gasteiger partial charge in [0.25, 0.3) is 11.8 Å². The van der Waals surface area contributed by atoms with Crippen LogP contribution in [-0.4, -0.2) is 62.8 Å². The summed E-state index contributed by atoms with van der Waals surface area (Å²) in [7, 11) is -3.50. The number of aliphatic hydroxyl groups is 1. The van der Waals surface area contributed by atoms with E-state index in [2.05, 4.69) is 10.0 Å². The van der Waals surface area contributed by atoms with Crippen LogP contribution in [0.4, 0.5) is 17.1 Å². The molecule has 1 unspecified atom stereocenters. The molecule has 1 aliphatic rings. The van der Waals surface area contributed by atoms with Crippen LogP contribution >= 0.6 is 0 Å². The predicted octanol–water partition coefficient (Wildman–Crippen LogP) is 0.0736. The lowest BCUT2D eigenvalue weighted by Crippen LogP contribution is -2.55. The normalized spacial score (nSPS) is 17.5. The molecule has 2 aromatic rings. The van der Waals surface area contributed by atoms with Crippen molar-refractivity contribution < 1.29 is 27.9 Å². The molecule has 1 saturated heterocycles. The number of aliphatic hydroxyl groups excluding tert-OH is 1. The monoisotopic (exact) mass is 461 g/mol. The van der Waals surface area contributed by atoms with Crippen molar-refractivity contribution >= 4 is 44.7 Å². The molecule has 1 aliphatic heterocycles. The number of carbonyl (C=O) groups is 2. The summed E-state index contributed by atoms with van der Waals surface area (Å²) in [4.78, 5) is 26.7. The van der Waals surface area contributed by atoms with E-state index < -0.39 is 34.0 Å². The third-order valence-corrected chi connectivity index (χ3v) is 5.21. The summed E-state index contributed by atoms with van der Waals surface area (Å²) in [6, 6.07) is 12.3. The third kappa shape index (κ3) is 5.60. The number of rotatable bonds is 7. The van der Waals surface area contributed by atoms with Crippen molar-refractivity contribution in [1.82, 2.24) is 0 Å². The summed E-state index contributed by atoms with van der Waals surface area (Å²) >= 11 is 0. The molecule has 3 rings (SSSR count). The molecule has 11 nitrogen and oxygen atoms in total.